The second-order valence-corrected chi connectivity index (χ2v) is 5.83. The van der Waals surface area contributed by atoms with Crippen LogP contribution in [-0.4, -0.2) is 31.4 Å². The SMILES string of the molecule is COc1cccc(CN(C)CC(=O)C2CCCCC2)c1. The molecule has 1 aromatic rings. The molecule has 110 valence electrons. The van der Waals surface area contributed by atoms with Crippen molar-refractivity contribution in [2.45, 2.75) is 38.6 Å². The van der Waals surface area contributed by atoms with Gasteiger partial charge in [0.15, 0.2) is 0 Å². The van der Waals surface area contributed by atoms with Crippen LogP contribution in [0.4, 0.5) is 0 Å². The van der Waals surface area contributed by atoms with Gasteiger partial charge in [0.1, 0.15) is 11.5 Å². The number of hydrogen-bond acceptors (Lipinski definition) is 3. The van der Waals surface area contributed by atoms with E-state index in [4.69, 9.17) is 4.74 Å². The summed E-state index contributed by atoms with van der Waals surface area (Å²) in [6.07, 6.45) is 5.91. The fraction of sp³-hybridized carbons (Fsp3) is 0.588. The Kier molecular flexibility index (Phi) is 5.60. The highest BCUT2D eigenvalue weighted by molar-refractivity contribution is 5.83. The van der Waals surface area contributed by atoms with E-state index in [2.05, 4.69) is 11.0 Å². The highest BCUT2D eigenvalue weighted by Crippen LogP contribution is 2.24. The fourth-order valence-corrected chi connectivity index (χ4v) is 2.96. The van der Waals surface area contributed by atoms with Gasteiger partial charge < -0.3 is 4.74 Å². The van der Waals surface area contributed by atoms with Gasteiger partial charge in [-0.1, -0.05) is 31.4 Å². The molecule has 0 unspecified atom stereocenters. The zero-order valence-electron chi connectivity index (χ0n) is 12.6. The van der Waals surface area contributed by atoms with E-state index in [0.717, 1.165) is 25.1 Å². The Balaban J connectivity index is 1.84. The van der Waals surface area contributed by atoms with Gasteiger partial charge >= 0.3 is 0 Å². The summed E-state index contributed by atoms with van der Waals surface area (Å²) in [5.74, 6) is 1.58. The summed E-state index contributed by atoms with van der Waals surface area (Å²) in [7, 11) is 3.69. The van der Waals surface area contributed by atoms with E-state index in [9.17, 15) is 4.79 Å². The molecule has 1 aromatic carbocycles. The predicted molar refractivity (Wildman–Crippen MR) is 80.9 cm³/mol. The van der Waals surface area contributed by atoms with Crippen molar-refractivity contribution in [2.24, 2.45) is 5.92 Å². The maximum Gasteiger partial charge on any atom is 0.149 e. The van der Waals surface area contributed by atoms with Crippen LogP contribution in [0.25, 0.3) is 0 Å². The lowest BCUT2D eigenvalue weighted by molar-refractivity contribution is -0.124. The summed E-state index contributed by atoms with van der Waals surface area (Å²) in [5, 5.41) is 0. The number of benzene rings is 1. The molecule has 1 aliphatic carbocycles. The average molecular weight is 275 g/mol. The molecule has 0 bridgehead atoms. The van der Waals surface area contributed by atoms with Gasteiger partial charge in [0, 0.05) is 12.5 Å². The van der Waals surface area contributed by atoms with Gasteiger partial charge in [0.05, 0.1) is 13.7 Å². The maximum absolute atomic E-state index is 12.3. The number of ether oxygens (including phenoxy) is 1. The first-order valence-electron chi connectivity index (χ1n) is 7.53. The molecule has 0 N–H and O–H groups in total. The van der Waals surface area contributed by atoms with Crippen LogP contribution in [0.2, 0.25) is 0 Å². The van der Waals surface area contributed by atoms with Crippen molar-refractivity contribution in [2.75, 3.05) is 20.7 Å². The molecule has 3 nitrogen and oxygen atoms in total. The third kappa shape index (κ3) is 4.34. The van der Waals surface area contributed by atoms with Gasteiger partial charge in [-0.2, -0.15) is 0 Å². The molecule has 0 atom stereocenters. The molecular weight excluding hydrogens is 250 g/mol. The van der Waals surface area contributed by atoms with Gasteiger partial charge in [-0.25, -0.2) is 0 Å². The summed E-state index contributed by atoms with van der Waals surface area (Å²) in [6.45, 7) is 1.34. The van der Waals surface area contributed by atoms with Crippen LogP contribution < -0.4 is 4.74 Å². The molecule has 1 aliphatic rings. The van der Waals surface area contributed by atoms with E-state index in [1.807, 2.05) is 25.2 Å². The monoisotopic (exact) mass is 275 g/mol. The summed E-state index contributed by atoms with van der Waals surface area (Å²) >= 11 is 0. The lowest BCUT2D eigenvalue weighted by Gasteiger charge is -2.23. The van der Waals surface area contributed by atoms with Gasteiger partial charge in [0.2, 0.25) is 0 Å². The van der Waals surface area contributed by atoms with Crippen molar-refractivity contribution in [3.63, 3.8) is 0 Å². The smallest absolute Gasteiger partial charge is 0.149 e. The summed E-state index contributed by atoms with van der Waals surface area (Å²) in [4.78, 5) is 14.4. The molecular formula is C17H25NO2. The Labute approximate surface area is 121 Å². The van der Waals surface area contributed by atoms with E-state index in [1.54, 1.807) is 7.11 Å². The highest BCUT2D eigenvalue weighted by atomic mass is 16.5. The quantitative estimate of drug-likeness (QED) is 0.798. The van der Waals surface area contributed by atoms with Crippen LogP contribution in [0.15, 0.2) is 24.3 Å². The van der Waals surface area contributed by atoms with Crippen molar-refractivity contribution in [1.29, 1.82) is 0 Å². The Morgan fingerprint density at radius 1 is 1.30 bits per heavy atom. The molecule has 0 spiro atoms. The van der Waals surface area contributed by atoms with E-state index in [1.165, 1.54) is 24.8 Å². The largest absolute Gasteiger partial charge is 0.497 e. The third-order valence-electron chi connectivity index (χ3n) is 4.07. The Morgan fingerprint density at radius 3 is 2.75 bits per heavy atom. The Bertz CT molecular complexity index is 438. The van der Waals surface area contributed by atoms with E-state index in [-0.39, 0.29) is 0 Å². The molecule has 0 radical (unpaired) electrons. The number of carbonyl (C=O) groups excluding carboxylic acids is 1. The van der Waals surface area contributed by atoms with E-state index in [0.29, 0.717) is 18.2 Å². The number of Topliss-reactive ketones (excluding diaryl/α,β-unsaturated/α-hetero) is 1. The molecule has 20 heavy (non-hydrogen) atoms. The van der Waals surface area contributed by atoms with Crippen LogP contribution in [-0.2, 0) is 11.3 Å². The number of nitrogens with zero attached hydrogens (tertiary/aromatic N) is 1. The van der Waals surface area contributed by atoms with Gasteiger partial charge in [-0.05, 0) is 37.6 Å². The van der Waals surface area contributed by atoms with E-state index >= 15 is 0 Å². The zero-order chi connectivity index (χ0) is 14.4. The van der Waals surface area contributed by atoms with Crippen LogP contribution in [0, 0.1) is 5.92 Å². The highest BCUT2D eigenvalue weighted by Gasteiger charge is 2.21. The lowest BCUT2D eigenvalue weighted by atomic mass is 9.86. The van der Waals surface area contributed by atoms with Gasteiger partial charge in [-0.3, -0.25) is 9.69 Å². The second-order valence-electron chi connectivity index (χ2n) is 5.83. The minimum absolute atomic E-state index is 0.302. The van der Waals surface area contributed by atoms with Crippen LogP contribution >= 0.6 is 0 Å². The fourth-order valence-electron chi connectivity index (χ4n) is 2.96. The molecule has 1 fully saturated rings. The summed E-state index contributed by atoms with van der Waals surface area (Å²) < 4.78 is 5.23. The lowest BCUT2D eigenvalue weighted by Crippen LogP contribution is -2.31. The number of methoxy groups -OCH3 is 1. The minimum atomic E-state index is 0.302. The molecule has 1 saturated carbocycles. The van der Waals surface area contributed by atoms with Crippen molar-refractivity contribution in [1.82, 2.24) is 4.90 Å². The predicted octanol–water partition coefficient (Wildman–Crippen LogP) is 3.28. The van der Waals surface area contributed by atoms with Crippen LogP contribution in [0.5, 0.6) is 5.75 Å². The first-order chi connectivity index (χ1) is 9.69. The number of carbonyl (C=O) groups is 1. The number of rotatable bonds is 6. The first-order valence-corrected chi connectivity index (χ1v) is 7.53. The molecule has 0 heterocycles. The molecule has 0 aliphatic heterocycles. The number of likely N-dealkylation sites (N-methyl/N-ethyl adjacent to an activating group) is 1. The normalized spacial score (nSPS) is 16.4. The Hall–Kier alpha value is -1.35. The molecule has 3 heteroatoms. The number of ketones is 1. The van der Waals surface area contributed by atoms with Crippen molar-refractivity contribution in [3.8, 4) is 5.75 Å². The zero-order valence-corrected chi connectivity index (χ0v) is 12.6. The third-order valence-corrected chi connectivity index (χ3v) is 4.07. The summed E-state index contributed by atoms with van der Waals surface area (Å²) in [6, 6.07) is 8.04. The van der Waals surface area contributed by atoms with Crippen molar-refractivity contribution in [3.05, 3.63) is 29.8 Å². The standard InChI is InChI=1S/C17H25NO2/c1-18(12-14-7-6-10-16(11-14)20-2)13-17(19)15-8-4-3-5-9-15/h6-7,10-11,15H,3-5,8-9,12-13H2,1-2H3. The minimum Gasteiger partial charge on any atom is -0.497 e. The second kappa shape index (κ2) is 7.44. The van der Waals surface area contributed by atoms with Gasteiger partial charge in [0.25, 0.3) is 0 Å². The number of hydrogen-bond donors (Lipinski definition) is 0. The average Bonchev–Trinajstić information content (AvgIpc) is 2.48. The van der Waals surface area contributed by atoms with Crippen LogP contribution in [0.3, 0.4) is 0 Å². The molecule has 0 aromatic heterocycles. The van der Waals surface area contributed by atoms with Crippen molar-refractivity contribution < 1.29 is 9.53 Å². The van der Waals surface area contributed by atoms with Crippen molar-refractivity contribution >= 4 is 5.78 Å². The van der Waals surface area contributed by atoms with E-state index < -0.39 is 0 Å². The first kappa shape index (κ1) is 15.0. The van der Waals surface area contributed by atoms with Crippen LogP contribution in [0.1, 0.15) is 37.7 Å². The topological polar surface area (TPSA) is 29.5 Å². The molecule has 2 rings (SSSR count). The summed E-state index contributed by atoms with van der Waals surface area (Å²) in [5.41, 5.74) is 1.18. The maximum atomic E-state index is 12.3. The van der Waals surface area contributed by atoms with Gasteiger partial charge in [-0.15, -0.1) is 0 Å². The molecule has 0 saturated heterocycles. The Morgan fingerprint density at radius 2 is 2.05 bits per heavy atom. The molecule has 0 amide bonds.